The van der Waals surface area contributed by atoms with Crippen molar-refractivity contribution in [3.63, 3.8) is 0 Å². The number of rotatable bonds is 4. The lowest BCUT2D eigenvalue weighted by Crippen LogP contribution is -2.00. The molecule has 0 spiro atoms. The predicted octanol–water partition coefficient (Wildman–Crippen LogP) is 2.42. The largest absolute Gasteiger partial charge is 0.491 e. The second-order valence-electron chi connectivity index (χ2n) is 2.46. The Labute approximate surface area is 80.5 Å². The van der Waals surface area contributed by atoms with E-state index in [0.29, 0.717) is 6.61 Å². The smallest absolute Gasteiger partial charge is 0.280 e. The number of halogens is 2. The Hall–Kier alpha value is -1.52. The Morgan fingerprint density at radius 1 is 1.64 bits per heavy atom. The van der Waals surface area contributed by atoms with Crippen LogP contribution in [0.15, 0.2) is 18.8 Å². The van der Waals surface area contributed by atoms with Gasteiger partial charge in [-0.2, -0.15) is 0 Å². The lowest BCUT2D eigenvalue weighted by Gasteiger charge is -2.05. The molecule has 1 heterocycles. The van der Waals surface area contributed by atoms with Gasteiger partial charge in [-0.1, -0.05) is 6.58 Å². The first kappa shape index (κ1) is 10.6. The number of hydrogen-bond donors (Lipinski definition) is 0. The molecule has 1 aromatic rings. The van der Waals surface area contributed by atoms with Crippen LogP contribution in [0.1, 0.15) is 24.9 Å². The minimum absolute atomic E-state index is 0.102. The fraction of sp³-hybridized carbons (Fsp3) is 0.333. The van der Waals surface area contributed by atoms with Gasteiger partial charge in [0.2, 0.25) is 0 Å². The number of ether oxygens (including phenoxy) is 1. The van der Waals surface area contributed by atoms with Gasteiger partial charge in [-0.25, -0.2) is 18.7 Å². The Balaban J connectivity index is 2.88. The van der Waals surface area contributed by atoms with Crippen molar-refractivity contribution in [1.29, 1.82) is 0 Å². The number of aromatic nitrogens is 2. The van der Waals surface area contributed by atoms with E-state index in [1.165, 1.54) is 6.20 Å². The molecule has 0 radical (unpaired) electrons. The second-order valence-corrected chi connectivity index (χ2v) is 2.46. The van der Waals surface area contributed by atoms with E-state index in [1.807, 2.05) is 0 Å². The molecule has 1 rings (SSSR count). The highest BCUT2D eigenvalue weighted by Crippen LogP contribution is 2.17. The molecule has 0 aromatic carbocycles. The van der Waals surface area contributed by atoms with Crippen LogP contribution < -0.4 is 0 Å². The van der Waals surface area contributed by atoms with E-state index >= 15 is 0 Å². The molecule has 14 heavy (non-hydrogen) atoms. The summed E-state index contributed by atoms with van der Waals surface area (Å²) in [7, 11) is 0. The van der Waals surface area contributed by atoms with Gasteiger partial charge >= 0.3 is 0 Å². The minimum Gasteiger partial charge on any atom is -0.491 e. The maximum Gasteiger partial charge on any atom is 0.280 e. The standard InChI is InChI=1S/C9H10F2N2O/c1-3-14-6(2)9-12-5-4-7(13-9)8(10)11/h4-5,8H,2-3H2,1H3. The zero-order valence-corrected chi connectivity index (χ0v) is 7.70. The van der Waals surface area contributed by atoms with Gasteiger partial charge in [0, 0.05) is 6.20 Å². The summed E-state index contributed by atoms with van der Waals surface area (Å²) in [5.41, 5.74) is -0.323. The van der Waals surface area contributed by atoms with Gasteiger partial charge in [0.15, 0.2) is 11.6 Å². The Kier molecular flexibility index (Phi) is 3.50. The first-order chi connectivity index (χ1) is 6.65. The van der Waals surface area contributed by atoms with Crippen molar-refractivity contribution < 1.29 is 13.5 Å². The summed E-state index contributed by atoms with van der Waals surface area (Å²) in [6.45, 7) is 5.69. The lowest BCUT2D eigenvalue weighted by atomic mass is 10.4. The van der Waals surface area contributed by atoms with Gasteiger partial charge in [0.25, 0.3) is 6.43 Å². The summed E-state index contributed by atoms with van der Waals surface area (Å²) in [5.74, 6) is 0.305. The Morgan fingerprint density at radius 2 is 2.36 bits per heavy atom. The summed E-state index contributed by atoms with van der Waals surface area (Å²) in [6.07, 6.45) is -1.35. The summed E-state index contributed by atoms with van der Waals surface area (Å²) < 4.78 is 29.5. The van der Waals surface area contributed by atoms with Crippen LogP contribution in [-0.2, 0) is 4.74 Å². The van der Waals surface area contributed by atoms with Gasteiger partial charge in [-0.15, -0.1) is 0 Å². The van der Waals surface area contributed by atoms with E-state index in [1.54, 1.807) is 6.92 Å². The average molecular weight is 200 g/mol. The van der Waals surface area contributed by atoms with E-state index < -0.39 is 6.43 Å². The Bertz CT molecular complexity index is 328. The van der Waals surface area contributed by atoms with Gasteiger partial charge < -0.3 is 4.74 Å². The lowest BCUT2D eigenvalue weighted by molar-refractivity contribution is 0.145. The van der Waals surface area contributed by atoms with Gasteiger partial charge in [-0.05, 0) is 13.0 Å². The fourth-order valence-electron chi connectivity index (χ4n) is 0.867. The zero-order chi connectivity index (χ0) is 10.6. The molecule has 1 aromatic heterocycles. The number of nitrogens with zero attached hydrogens (tertiary/aromatic N) is 2. The van der Waals surface area contributed by atoms with Crippen LogP contribution in [-0.4, -0.2) is 16.6 Å². The second kappa shape index (κ2) is 4.64. The minimum atomic E-state index is -2.61. The summed E-state index contributed by atoms with van der Waals surface area (Å²) in [5, 5.41) is 0. The molecule has 0 saturated carbocycles. The van der Waals surface area contributed by atoms with Crippen molar-refractivity contribution in [3.05, 3.63) is 30.4 Å². The first-order valence-electron chi connectivity index (χ1n) is 4.08. The molecule has 0 unspecified atom stereocenters. The van der Waals surface area contributed by atoms with Crippen molar-refractivity contribution in [2.45, 2.75) is 13.3 Å². The third-order valence-corrected chi connectivity index (χ3v) is 1.47. The topological polar surface area (TPSA) is 35.0 Å². The van der Waals surface area contributed by atoms with E-state index in [2.05, 4.69) is 16.5 Å². The molecular weight excluding hydrogens is 190 g/mol. The third kappa shape index (κ3) is 2.48. The molecule has 0 saturated heterocycles. The van der Waals surface area contributed by atoms with Crippen LogP contribution >= 0.6 is 0 Å². The SMILES string of the molecule is C=C(OCC)c1nccc(C(F)F)n1. The Morgan fingerprint density at radius 3 is 2.93 bits per heavy atom. The van der Waals surface area contributed by atoms with Crippen molar-refractivity contribution in [2.24, 2.45) is 0 Å². The molecule has 0 amide bonds. The highest BCUT2D eigenvalue weighted by Gasteiger charge is 2.11. The highest BCUT2D eigenvalue weighted by atomic mass is 19.3. The van der Waals surface area contributed by atoms with Crippen LogP contribution in [0.4, 0.5) is 8.78 Å². The molecular formula is C9H10F2N2O. The molecule has 0 fully saturated rings. The van der Waals surface area contributed by atoms with E-state index in [4.69, 9.17) is 4.74 Å². The van der Waals surface area contributed by atoms with Crippen LogP contribution in [0.25, 0.3) is 5.76 Å². The molecule has 0 bridgehead atoms. The quantitative estimate of drug-likeness (QED) is 0.700. The first-order valence-corrected chi connectivity index (χ1v) is 4.08. The molecule has 0 aliphatic rings. The van der Waals surface area contributed by atoms with Crippen LogP contribution in [0, 0.1) is 0 Å². The molecule has 0 aliphatic carbocycles. The third-order valence-electron chi connectivity index (χ3n) is 1.47. The highest BCUT2D eigenvalue weighted by molar-refractivity contribution is 5.49. The molecule has 76 valence electrons. The van der Waals surface area contributed by atoms with E-state index in [-0.39, 0.29) is 17.3 Å². The molecule has 5 heteroatoms. The van der Waals surface area contributed by atoms with Crippen LogP contribution in [0.3, 0.4) is 0 Å². The molecule has 0 aliphatic heterocycles. The van der Waals surface area contributed by atoms with Crippen molar-refractivity contribution in [1.82, 2.24) is 9.97 Å². The summed E-state index contributed by atoms with van der Waals surface area (Å²) in [6, 6.07) is 1.16. The molecule has 3 nitrogen and oxygen atoms in total. The van der Waals surface area contributed by atoms with E-state index in [9.17, 15) is 8.78 Å². The van der Waals surface area contributed by atoms with Gasteiger partial charge in [0.05, 0.1) is 6.61 Å². The van der Waals surface area contributed by atoms with Crippen LogP contribution in [0.2, 0.25) is 0 Å². The maximum absolute atomic E-state index is 12.2. The van der Waals surface area contributed by atoms with Crippen molar-refractivity contribution in [2.75, 3.05) is 6.61 Å². The summed E-state index contributed by atoms with van der Waals surface area (Å²) >= 11 is 0. The number of alkyl halides is 2. The monoisotopic (exact) mass is 200 g/mol. The van der Waals surface area contributed by atoms with Crippen molar-refractivity contribution >= 4 is 5.76 Å². The maximum atomic E-state index is 12.2. The molecule has 0 N–H and O–H groups in total. The number of hydrogen-bond acceptors (Lipinski definition) is 3. The molecule has 0 atom stereocenters. The fourth-order valence-corrected chi connectivity index (χ4v) is 0.867. The zero-order valence-electron chi connectivity index (χ0n) is 7.70. The normalized spacial score (nSPS) is 10.3. The average Bonchev–Trinajstić information content (AvgIpc) is 2.18. The predicted molar refractivity (Wildman–Crippen MR) is 47.6 cm³/mol. The summed E-state index contributed by atoms with van der Waals surface area (Å²) in [4.78, 5) is 7.38. The van der Waals surface area contributed by atoms with E-state index in [0.717, 1.165) is 6.07 Å². The van der Waals surface area contributed by atoms with Crippen LogP contribution in [0.5, 0.6) is 0 Å². The van der Waals surface area contributed by atoms with Gasteiger partial charge in [0.1, 0.15) is 5.69 Å². The van der Waals surface area contributed by atoms with Crippen molar-refractivity contribution in [3.8, 4) is 0 Å². The van der Waals surface area contributed by atoms with Gasteiger partial charge in [-0.3, -0.25) is 0 Å².